The van der Waals surface area contributed by atoms with Crippen LogP contribution in [0, 0.1) is 32.5 Å². The van der Waals surface area contributed by atoms with E-state index in [1.54, 1.807) is 48.5 Å². The Labute approximate surface area is 472 Å². The minimum Gasteiger partial charge on any atom is -0.460 e. The van der Waals surface area contributed by atoms with Gasteiger partial charge in [-0.3, -0.25) is 28.8 Å². The first-order chi connectivity index (χ1) is 38.1. The molecule has 0 radical (unpaired) electrons. The first kappa shape index (κ1) is 61.4. The van der Waals surface area contributed by atoms with Crippen LogP contribution in [0.3, 0.4) is 0 Å². The molecule has 0 heterocycles. The molecule has 0 amide bonds. The van der Waals surface area contributed by atoms with Gasteiger partial charge in [0.1, 0.15) is 39.6 Å². The summed E-state index contributed by atoms with van der Waals surface area (Å²) in [5, 5.41) is 0. The predicted molar refractivity (Wildman–Crippen MR) is 305 cm³/mol. The quantitative estimate of drug-likeness (QED) is 0.0324. The summed E-state index contributed by atoms with van der Waals surface area (Å²) < 4.78 is 36.7. The molecule has 0 N–H and O–H groups in total. The van der Waals surface area contributed by atoms with Gasteiger partial charge >= 0.3 is 35.8 Å². The zero-order valence-electron chi connectivity index (χ0n) is 47.7. The van der Waals surface area contributed by atoms with Gasteiger partial charge in [0.2, 0.25) is 0 Å². The third-order valence-electron chi connectivity index (χ3n) is 15.0. The number of carbonyl (C=O) groups excluding carboxylic acids is 6. The maximum Gasteiger partial charge on any atom is 0.312 e. The Kier molecular flexibility index (Phi) is 21.3. The Bertz CT molecular complexity index is 2950. The summed E-state index contributed by atoms with van der Waals surface area (Å²) in [7, 11) is 0. The maximum absolute atomic E-state index is 15.5. The van der Waals surface area contributed by atoms with E-state index in [1.807, 2.05) is 189 Å². The lowest BCUT2D eigenvalue weighted by atomic mass is 9.58. The zero-order valence-corrected chi connectivity index (χ0v) is 47.7. The summed E-state index contributed by atoms with van der Waals surface area (Å²) in [4.78, 5) is 90.1. The number of rotatable bonds is 29. The second-order valence-corrected chi connectivity index (χ2v) is 23.3. The summed E-state index contributed by atoms with van der Waals surface area (Å²) in [6.45, 7) is 13.0. The number of benzene rings is 6. The molecule has 0 aliphatic rings. The topological polar surface area (TPSA) is 158 Å². The summed E-state index contributed by atoms with van der Waals surface area (Å²) in [5.74, 6) is -4.06. The number of hydrogen-bond donors (Lipinski definition) is 0. The molecule has 0 aromatic heterocycles. The third-order valence-corrected chi connectivity index (χ3v) is 15.0. The van der Waals surface area contributed by atoms with Crippen molar-refractivity contribution < 1.29 is 57.2 Å². The van der Waals surface area contributed by atoms with E-state index in [9.17, 15) is 9.59 Å². The lowest BCUT2D eigenvalue weighted by Crippen LogP contribution is -2.49. The zero-order chi connectivity index (χ0) is 57.9. The smallest absolute Gasteiger partial charge is 0.312 e. The first-order valence-corrected chi connectivity index (χ1v) is 27.4. The largest absolute Gasteiger partial charge is 0.460 e. The van der Waals surface area contributed by atoms with Gasteiger partial charge in [-0.15, -0.1) is 0 Å². The van der Waals surface area contributed by atoms with Gasteiger partial charge in [0, 0.05) is 0 Å². The van der Waals surface area contributed by atoms with E-state index in [2.05, 4.69) is 0 Å². The molecule has 422 valence electrons. The molecule has 5 atom stereocenters. The van der Waals surface area contributed by atoms with E-state index >= 15 is 19.2 Å². The average Bonchev–Trinajstić information content (AvgIpc) is 3.63. The summed E-state index contributed by atoms with van der Waals surface area (Å²) in [6.07, 6.45) is -1.04. The molecule has 0 saturated heterocycles. The predicted octanol–water partition coefficient (Wildman–Crippen LogP) is 13.9. The monoisotopic (exact) mass is 1090 g/mol. The van der Waals surface area contributed by atoms with Gasteiger partial charge in [0.15, 0.2) is 0 Å². The van der Waals surface area contributed by atoms with Gasteiger partial charge < -0.3 is 28.4 Å². The standard InChI is InChI=1S/C68H78O12/c1-9-64(4,58(70)76-41-52-30-18-11-19-31-52)47-66(6,60(72)78-43-54-34-22-13-23-35-54)49-68(8,62(74)80-45-56-38-26-15-27-39-56)50-67(7,61(73)79-44-55-36-24-14-25-37-55)48-65(5,59(71)77-42-53-32-20-12-21-33-53)46-63(2,3)57(69)75-40-51-28-16-10-17-29-51/h10-39H,9,40-50H2,1-8H3. The van der Waals surface area contributed by atoms with Crippen LogP contribution in [-0.2, 0) is 96.8 Å². The van der Waals surface area contributed by atoms with E-state index < -0.39 is 68.3 Å². The summed E-state index contributed by atoms with van der Waals surface area (Å²) in [6, 6.07) is 55.0. The molecule has 0 spiro atoms. The van der Waals surface area contributed by atoms with Gasteiger partial charge in [-0.05, 0) is 120 Å². The van der Waals surface area contributed by atoms with Gasteiger partial charge in [-0.25, -0.2) is 0 Å². The Morgan fingerprint density at radius 1 is 0.263 bits per heavy atom. The van der Waals surface area contributed by atoms with E-state index in [0.29, 0.717) is 22.3 Å². The Balaban J connectivity index is 1.47. The van der Waals surface area contributed by atoms with Gasteiger partial charge in [0.05, 0.1) is 32.5 Å². The highest BCUT2D eigenvalue weighted by Crippen LogP contribution is 2.54. The number of esters is 6. The molecular formula is C68H78O12. The molecule has 0 saturated carbocycles. The summed E-state index contributed by atoms with van der Waals surface area (Å²) in [5.41, 5.74) is -5.16. The van der Waals surface area contributed by atoms with Crippen LogP contribution < -0.4 is 0 Å². The fourth-order valence-electron chi connectivity index (χ4n) is 11.1. The van der Waals surface area contributed by atoms with Crippen molar-refractivity contribution in [3.05, 3.63) is 215 Å². The van der Waals surface area contributed by atoms with Crippen molar-refractivity contribution in [1.29, 1.82) is 0 Å². The van der Waals surface area contributed by atoms with Crippen LogP contribution >= 0.6 is 0 Å². The highest BCUT2D eigenvalue weighted by Gasteiger charge is 2.57. The fraction of sp³-hybridized carbons (Fsp3) is 0.382. The normalized spacial score (nSPS) is 15.2. The van der Waals surface area contributed by atoms with Crippen LogP contribution in [0.25, 0.3) is 0 Å². The highest BCUT2D eigenvalue weighted by molar-refractivity contribution is 5.86. The van der Waals surface area contributed by atoms with Crippen molar-refractivity contribution in [2.75, 3.05) is 0 Å². The molecule has 0 aliphatic heterocycles. The van der Waals surface area contributed by atoms with Crippen LogP contribution in [-0.4, -0.2) is 35.8 Å². The molecule has 0 bridgehead atoms. The molecule has 0 aliphatic carbocycles. The van der Waals surface area contributed by atoms with Crippen molar-refractivity contribution in [2.24, 2.45) is 32.5 Å². The third kappa shape index (κ3) is 17.3. The Hall–Kier alpha value is -7.86. The molecular weight excluding hydrogens is 1010 g/mol. The minimum absolute atomic E-state index is 0.00842. The Morgan fingerprint density at radius 3 is 0.650 bits per heavy atom. The molecule has 12 heteroatoms. The molecule has 12 nitrogen and oxygen atoms in total. The van der Waals surface area contributed by atoms with Crippen LogP contribution in [0.4, 0.5) is 0 Å². The fourth-order valence-corrected chi connectivity index (χ4v) is 11.1. The van der Waals surface area contributed by atoms with Crippen molar-refractivity contribution >= 4 is 35.8 Å². The van der Waals surface area contributed by atoms with Crippen LogP contribution in [0.5, 0.6) is 0 Å². The molecule has 80 heavy (non-hydrogen) atoms. The molecule has 6 rings (SSSR count). The lowest BCUT2D eigenvalue weighted by molar-refractivity contribution is -0.177. The highest BCUT2D eigenvalue weighted by atomic mass is 16.6. The first-order valence-electron chi connectivity index (χ1n) is 27.4. The van der Waals surface area contributed by atoms with Crippen molar-refractivity contribution in [3.63, 3.8) is 0 Å². The second kappa shape index (κ2) is 27.8. The van der Waals surface area contributed by atoms with Crippen LogP contribution in [0.2, 0.25) is 0 Å². The van der Waals surface area contributed by atoms with Crippen molar-refractivity contribution in [2.45, 2.75) is 134 Å². The molecule has 6 aromatic rings. The summed E-state index contributed by atoms with van der Waals surface area (Å²) >= 11 is 0. The van der Waals surface area contributed by atoms with E-state index in [1.165, 1.54) is 0 Å². The molecule has 6 aromatic carbocycles. The van der Waals surface area contributed by atoms with E-state index in [-0.39, 0.29) is 78.2 Å². The second-order valence-electron chi connectivity index (χ2n) is 23.3. The SMILES string of the molecule is CCC(C)(CC(C)(CC(C)(CC(C)(CC(C)(CC(C)(C)C(=O)OCc1ccccc1)C(=O)OCc1ccccc1)C(=O)OCc1ccccc1)C(=O)OCc1ccccc1)C(=O)OCc1ccccc1)C(=O)OCc1ccccc1. The van der Waals surface area contributed by atoms with E-state index in [0.717, 1.165) is 11.1 Å². The lowest BCUT2D eigenvalue weighted by Gasteiger charge is -2.45. The van der Waals surface area contributed by atoms with E-state index in [4.69, 9.17) is 28.4 Å². The van der Waals surface area contributed by atoms with Gasteiger partial charge in [-0.2, -0.15) is 0 Å². The minimum atomic E-state index is -1.78. The van der Waals surface area contributed by atoms with Crippen LogP contribution in [0.1, 0.15) is 127 Å². The van der Waals surface area contributed by atoms with Crippen molar-refractivity contribution in [1.82, 2.24) is 0 Å². The molecule has 5 unspecified atom stereocenters. The molecule has 0 fully saturated rings. The van der Waals surface area contributed by atoms with Gasteiger partial charge in [-0.1, -0.05) is 189 Å². The van der Waals surface area contributed by atoms with Gasteiger partial charge in [0.25, 0.3) is 0 Å². The van der Waals surface area contributed by atoms with Crippen molar-refractivity contribution in [3.8, 4) is 0 Å². The maximum atomic E-state index is 15.5. The Morgan fingerprint density at radius 2 is 0.438 bits per heavy atom. The average molecular weight is 1090 g/mol. The van der Waals surface area contributed by atoms with Crippen LogP contribution in [0.15, 0.2) is 182 Å². The number of carbonyl (C=O) groups is 6. The number of ether oxygens (including phenoxy) is 6. The number of hydrogen-bond acceptors (Lipinski definition) is 12.